The number of nitro benzene ring substituents is 1. The van der Waals surface area contributed by atoms with Crippen molar-refractivity contribution in [2.75, 3.05) is 19.4 Å². The van der Waals surface area contributed by atoms with Crippen LogP contribution in [0.2, 0.25) is 0 Å². The lowest BCUT2D eigenvalue weighted by molar-refractivity contribution is -0.384. The van der Waals surface area contributed by atoms with Crippen LogP contribution in [0, 0.1) is 27.9 Å². The van der Waals surface area contributed by atoms with Gasteiger partial charge in [0.25, 0.3) is 5.69 Å². The maximum atomic E-state index is 13.7. The van der Waals surface area contributed by atoms with Crippen LogP contribution in [0.4, 0.5) is 5.69 Å². The van der Waals surface area contributed by atoms with E-state index in [1.54, 1.807) is 0 Å². The Morgan fingerprint density at radius 2 is 1.41 bits per heavy atom. The van der Waals surface area contributed by atoms with Gasteiger partial charge in [-0.25, -0.2) is 8.42 Å². The summed E-state index contributed by atoms with van der Waals surface area (Å²) in [7, 11) is -7.65. The molecule has 4 aromatic carbocycles. The summed E-state index contributed by atoms with van der Waals surface area (Å²) in [5, 5.41) is 10.9. The van der Waals surface area contributed by atoms with Gasteiger partial charge in [-0.15, -0.1) is 0 Å². The van der Waals surface area contributed by atoms with Gasteiger partial charge in [-0.05, 0) is 59.9 Å². The molecule has 0 aliphatic carbocycles. The van der Waals surface area contributed by atoms with Gasteiger partial charge in [-0.3, -0.25) is 14.7 Å². The molecule has 0 spiro atoms. The average Bonchev–Trinajstić information content (AvgIpc) is 3.11. The summed E-state index contributed by atoms with van der Waals surface area (Å²) < 4.78 is 59.8. The minimum atomic E-state index is -3.90. The van der Waals surface area contributed by atoms with E-state index in [2.05, 4.69) is 11.8 Å². The van der Waals surface area contributed by atoms with Gasteiger partial charge in [-0.2, -0.15) is 4.31 Å². The zero-order valence-corrected chi connectivity index (χ0v) is 29.1. The highest BCUT2D eigenvalue weighted by molar-refractivity contribution is 7.89. The van der Waals surface area contributed by atoms with Crippen molar-refractivity contribution in [3.8, 4) is 17.6 Å². The Kier molecular flexibility index (Phi) is 13.7. The van der Waals surface area contributed by atoms with Gasteiger partial charge in [0.2, 0.25) is 10.0 Å². The number of benzene rings is 4. The monoisotopic (exact) mass is 705 g/mol. The quantitative estimate of drug-likeness (QED) is 0.0531. The molecule has 0 unspecified atom stereocenters. The van der Waals surface area contributed by atoms with Crippen LogP contribution in [-0.2, 0) is 36.8 Å². The molecule has 0 bridgehead atoms. The molecular weight excluding hydrogens is 665 g/mol. The van der Waals surface area contributed by atoms with Crippen LogP contribution in [0.25, 0.3) is 0 Å². The molecule has 0 radical (unpaired) electrons. The molecule has 4 aromatic rings. The molecule has 49 heavy (non-hydrogen) atoms. The minimum Gasteiger partial charge on any atom is -0.481 e. The molecule has 258 valence electrons. The van der Waals surface area contributed by atoms with Gasteiger partial charge in [0.15, 0.2) is 6.35 Å². The second kappa shape index (κ2) is 17.9. The lowest BCUT2D eigenvalue weighted by Crippen LogP contribution is -2.37. The summed E-state index contributed by atoms with van der Waals surface area (Å²) in [6, 6.07) is 29.6. The molecule has 0 saturated carbocycles. The third-order valence-corrected chi connectivity index (χ3v) is 10.5. The first-order valence-electron chi connectivity index (χ1n) is 15.6. The Morgan fingerprint density at radius 1 is 0.857 bits per heavy atom. The second-order valence-electron chi connectivity index (χ2n) is 11.6. The molecule has 1 atom stereocenters. The zero-order valence-electron chi connectivity index (χ0n) is 27.4. The number of non-ortho nitro benzene ring substituents is 1. The van der Waals surface area contributed by atoms with Crippen molar-refractivity contribution >= 4 is 23.3 Å². The highest BCUT2D eigenvalue weighted by atomic mass is 32.2. The Morgan fingerprint density at radius 3 is 1.92 bits per heavy atom. The number of hydrogen-bond donors (Lipinski definition) is 1. The number of ether oxygens (including phenoxy) is 1. The van der Waals surface area contributed by atoms with Crippen LogP contribution >= 0.6 is 7.60 Å². The fraction of sp³-hybridized carbons (Fsp3) is 0.278. The van der Waals surface area contributed by atoms with Crippen LogP contribution < -0.4 is 10.5 Å². The molecule has 0 fully saturated rings. The van der Waals surface area contributed by atoms with Crippen LogP contribution in [0.3, 0.4) is 0 Å². The number of nitro groups is 1. The predicted octanol–water partition coefficient (Wildman–Crippen LogP) is 6.97. The van der Waals surface area contributed by atoms with Crippen molar-refractivity contribution in [3.63, 3.8) is 0 Å². The molecule has 0 aliphatic heterocycles. The van der Waals surface area contributed by atoms with Crippen LogP contribution in [0.5, 0.6) is 5.75 Å². The van der Waals surface area contributed by atoms with Gasteiger partial charge >= 0.3 is 7.60 Å². The molecule has 0 aliphatic rings. The van der Waals surface area contributed by atoms with Gasteiger partial charge in [0.05, 0.1) is 29.1 Å². The van der Waals surface area contributed by atoms with E-state index >= 15 is 0 Å². The Hall–Kier alpha value is -4.34. The smallest absolute Gasteiger partial charge is 0.368 e. The summed E-state index contributed by atoms with van der Waals surface area (Å²) in [5.41, 5.74) is 8.37. The van der Waals surface area contributed by atoms with E-state index in [9.17, 15) is 23.1 Å². The summed E-state index contributed by atoms with van der Waals surface area (Å²) in [6.45, 7) is 4.37. The summed E-state index contributed by atoms with van der Waals surface area (Å²) in [6.07, 6.45) is -0.106. The normalized spacial score (nSPS) is 12.3. The molecular formula is C36H40N3O8PS. The van der Waals surface area contributed by atoms with Crippen LogP contribution in [0.1, 0.15) is 37.0 Å². The Labute approximate surface area is 287 Å². The molecule has 11 nitrogen and oxygen atoms in total. The fourth-order valence-corrected chi connectivity index (χ4v) is 7.37. The summed E-state index contributed by atoms with van der Waals surface area (Å²) in [4.78, 5) is 10.4. The van der Waals surface area contributed by atoms with E-state index in [-0.39, 0.29) is 55.6 Å². The lowest BCUT2D eigenvalue weighted by Gasteiger charge is -2.24. The number of rotatable bonds is 17. The average molecular weight is 706 g/mol. The van der Waals surface area contributed by atoms with Crippen molar-refractivity contribution in [1.29, 1.82) is 0 Å². The highest BCUT2D eigenvalue weighted by Gasteiger charge is 2.28. The van der Waals surface area contributed by atoms with Gasteiger partial charge < -0.3 is 19.5 Å². The number of nitrogens with two attached hydrogens (primary N) is 1. The van der Waals surface area contributed by atoms with Gasteiger partial charge in [0.1, 0.15) is 5.75 Å². The molecule has 0 amide bonds. The largest absolute Gasteiger partial charge is 0.481 e. The van der Waals surface area contributed by atoms with E-state index in [1.807, 2.05) is 74.5 Å². The van der Waals surface area contributed by atoms with E-state index < -0.39 is 28.6 Å². The van der Waals surface area contributed by atoms with Crippen molar-refractivity contribution in [1.82, 2.24) is 4.31 Å². The van der Waals surface area contributed by atoms with Crippen LogP contribution in [-0.4, -0.2) is 43.1 Å². The zero-order chi connectivity index (χ0) is 35.3. The third-order valence-electron chi connectivity index (χ3n) is 7.13. The topological polar surface area (TPSA) is 151 Å². The highest BCUT2D eigenvalue weighted by Crippen LogP contribution is 2.49. The van der Waals surface area contributed by atoms with E-state index in [4.69, 9.17) is 19.5 Å². The molecule has 0 heterocycles. The van der Waals surface area contributed by atoms with E-state index in [0.29, 0.717) is 11.3 Å². The van der Waals surface area contributed by atoms with Gasteiger partial charge in [0, 0.05) is 30.8 Å². The Bertz CT molecular complexity index is 1820. The number of nitrogens with zero attached hydrogens (tertiary/aromatic N) is 2. The summed E-state index contributed by atoms with van der Waals surface area (Å²) in [5.74, 6) is 6.12. The van der Waals surface area contributed by atoms with Crippen molar-refractivity contribution in [3.05, 3.63) is 136 Å². The first kappa shape index (κ1) is 37.5. The standard InChI is InChI=1S/C36H40N3O8PS/c1-29(2)25-38(24-23-33(37)16-13-30-14-17-34(18-15-30)39(40)41)49(43,44)36-21-19-35(20-22-36)45-28-48(42,46-26-31-9-5-3-6-10-31)47-27-32-11-7-4-8-12-32/h3-12,14-15,17-22,29,33H,23-28,37H2,1-2H3/t33-/m0/s1. The minimum absolute atomic E-state index is 0.0373. The molecule has 0 aromatic heterocycles. The van der Waals surface area contributed by atoms with Crippen LogP contribution in [0.15, 0.2) is 114 Å². The van der Waals surface area contributed by atoms with E-state index in [1.165, 1.54) is 52.8 Å². The lowest BCUT2D eigenvalue weighted by atomic mass is 10.1. The molecule has 0 saturated heterocycles. The Balaban J connectivity index is 1.40. The van der Waals surface area contributed by atoms with Crippen molar-refractivity contribution < 1.29 is 31.7 Å². The third kappa shape index (κ3) is 11.9. The summed E-state index contributed by atoms with van der Waals surface area (Å²) >= 11 is 0. The molecule has 13 heteroatoms. The first-order valence-corrected chi connectivity index (χ1v) is 18.8. The first-order chi connectivity index (χ1) is 23.4. The van der Waals surface area contributed by atoms with E-state index in [0.717, 1.165) is 11.1 Å². The van der Waals surface area contributed by atoms with Crippen molar-refractivity contribution in [2.24, 2.45) is 11.7 Å². The van der Waals surface area contributed by atoms with Crippen molar-refractivity contribution in [2.45, 2.75) is 44.4 Å². The second-order valence-corrected chi connectivity index (χ2v) is 15.5. The fourth-order valence-electron chi connectivity index (χ4n) is 4.53. The predicted molar refractivity (Wildman–Crippen MR) is 188 cm³/mol. The number of sulfonamides is 1. The SMILES string of the molecule is CC(C)CN(CC[C@@H](N)C#Cc1ccc([N+](=O)[O-])cc1)S(=O)(=O)c1ccc(OCP(=O)(OCc2ccccc2)OCc2ccccc2)cc1. The molecule has 4 rings (SSSR count). The molecule has 2 N–H and O–H groups in total. The maximum absolute atomic E-state index is 13.7. The number of hydrogen-bond acceptors (Lipinski definition) is 9. The van der Waals surface area contributed by atoms with Gasteiger partial charge in [-0.1, -0.05) is 86.4 Å². The maximum Gasteiger partial charge on any atom is 0.368 e.